The highest BCUT2D eigenvalue weighted by Crippen LogP contribution is 2.27. The largest absolute Gasteiger partial charge is 0.399 e. The fraction of sp³-hybridized carbons (Fsp3) is 0.0714. The molecule has 0 unspecified atom stereocenters. The van der Waals surface area contributed by atoms with Gasteiger partial charge in [-0.05, 0) is 58.7 Å². The van der Waals surface area contributed by atoms with Crippen molar-refractivity contribution in [3.05, 3.63) is 46.6 Å². The molecular formula is C14H11BrN4O. The highest BCUT2D eigenvalue weighted by molar-refractivity contribution is 9.10. The summed E-state index contributed by atoms with van der Waals surface area (Å²) in [5.41, 5.74) is 8.99. The first-order valence-electron chi connectivity index (χ1n) is 5.96. The van der Waals surface area contributed by atoms with Crippen LogP contribution in [-0.4, -0.2) is 15.1 Å². The molecule has 0 saturated heterocycles. The van der Waals surface area contributed by atoms with Crippen molar-refractivity contribution in [2.45, 2.75) is 6.92 Å². The summed E-state index contributed by atoms with van der Waals surface area (Å²) >= 11 is 3.42. The van der Waals surface area contributed by atoms with Gasteiger partial charge < -0.3 is 10.3 Å². The molecule has 0 saturated carbocycles. The minimum absolute atomic E-state index is 0.445. The molecule has 1 aromatic carbocycles. The van der Waals surface area contributed by atoms with E-state index < -0.39 is 0 Å². The molecule has 0 amide bonds. The van der Waals surface area contributed by atoms with Gasteiger partial charge in [0.2, 0.25) is 5.82 Å². The number of nitrogens with two attached hydrogens (primary N) is 1. The molecular weight excluding hydrogens is 320 g/mol. The fourth-order valence-electron chi connectivity index (χ4n) is 1.80. The Bertz CT molecular complexity index is 769. The number of hydrogen-bond donors (Lipinski definition) is 1. The van der Waals surface area contributed by atoms with Crippen molar-refractivity contribution in [1.82, 2.24) is 15.1 Å². The average molecular weight is 331 g/mol. The van der Waals surface area contributed by atoms with Crippen LogP contribution in [0.3, 0.4) is 0 Å². The van der Waals surface area contributed by atoms with Gasteiger partial charge >= 0.3 is 0 Å². The topological polar surface area (TPSA) is 77.8 Å². The van der Waals surface area contributed by atoms with Gasteiger partial charge in [0, 0.05) is 21.9 Å². The maximum atomic E-state index is 5.80. The summed E-state index contributed by atoms with van der Waals surface area (Å²) in [6.45, 7) is 1.94. The van der Waals surface area contributed by atoms with E-state index in [-0.39, 0.29) is 0 Å². The summed E-state index contributed by atoms with van der Waals surface area (Å²) in [4.78, 5) is 8.61. The van der Waals surface area contributed by atoms with Crippen LogP contribution in [0.5, 0.6) is 0 Å². The summed E-state index contributed by atoms with van der Waals surface area (Å²) in [6.07, 6.45) is 1.68. The molecule has 2 aromatic heterocycles. The fourth-order valence-corrected chi connectivity index (χ4v) is 2.23. The molecule has 0 aliphatic heterocycles. The van der Waals surface area contributed by atoms with E-state index in [0.29, 0.717) is 17.4 Å². The normalized spacial score (nSPS) is 10.7. The number of aromatic nitrogens is 3. The molecule has 0 radical (unpaired) electrons. The van der Waals surface area contributed by atoms with Gasteiger partial charge in [-0.3, -0.25) is 4.98 Å². The van der Waals surface area contributed by atoms with Gasteiger partial charge in [-0.25, -0.2) is 0 Å². The third-order valence-electron chi connectivity index (χ3n) is 2.91. The smallest absolute Gasteiger partial charge is 0.258 e. The number of nitrogen functional groups attached to an aromatic ring is 1. The molecule has 100 valence electrons. The van der Waals surface area contributed by atoms with Gasteiger partial charge in [0.1, 0.15) is 5.69 Å². The van der Waals surface area contributed by atoms with Crippen LogP contribution in [-0.2, 0) is 0 Å². The zero-order valence-electron chi connectivity index (χ0n) is 10.7. The molecule has 0 spiro atoms. The molecule has 2 N–H and O–H groups in total. The predicted octanol–water partition coefficient (Wildman–Crippen LogP) is 3.45. The van der Waals surface area contributed by atoms with E-state index in [1.54, 1.807) is 6.20 Å². The van der Waals surface area contributed by atoms with E-state index >= 15 is 0 Å². The minimum Gasteiger partial charge on any atom is -0.399 e. The molecule has 2 heterocycles. The Labute approximate surface area is 124 Å². The Kier molecular flexibility index (Phi) is 3.23. The number of anilines is 1. The number of rotatable bonds is 2. The van der Waals surface area contributed by atoms with E-state index in [0.717, 1.165) is 21.3 Å². The maximum absolute atomic E-state index is 5.80. The number of halogens is 1. The predicted molar refractivity (Wildman–Crippen MR) is 79.8 cm³/mol. The van der Waals surface area contributed by atoms with Crippen molar-refractivity contribution < 1.29 is 4.52 Å². The lowest BCUT2D eigenvalue weighted by atomic mass is 10.1. The minimum atomic E-state index is 0.445. The van der Waals surface area contributed by atoms with Crippen molar-refractivity contribution in [2.75, 3.05) is 5.73 Å². The summed E-state index contributed by atoms with van der Waals surface area (Å²) in [5, 5.41) is 3.97. The zero-order chi connectivity index (χ0) is 14.1. The van der Waals surface area contributed by atoms with Gasteiger partial charge in [0.25, 0.3) is 5.89 Å². The molecule has 6 heteroatoms. The van der Waals surface area contributed by atoms with E-state index in [4.69, 9.17) is 10.3 Å². The SMILES string of the molecule is Cc1cc(-c2nc(-c3ncccc3Br)no2)ccc1N. The summed E-state index contributed by atoms with van der Waals surface area (Å²) in [7, 11) is 0. The zero-order valence-corrected chi connectivity index (χ0v) is 12.3. The summed E-state index contributed by atoms with van der Waals surface area (Å²) in [5.74, 6) is 0.891. The monoisotopic (exact) mass is 330 g/mol. The average Bonchev–Trinajstić information content (AvgIpc) is 2.92. The third-order valence-corrected chi connectivity index (χ3v) is 3.55. The first kappa shape index (κ1) is 12.8. The number of pyridine rings is 1. The van der Waals surface area contributed by atoms with Crippen molar-refractivity contribution in [3.8, 4) is 23.0 Å². The Balaban J connectivity index is 2.02. The van der Waals surface area contributed by atoms with E-state index in [2.05, 4.69) is 31.1 Å². The van der Waals surface area contributed by atoms with Crippen LogP contribution in [0.1, 0.15) is 5.56 Å². The molecule has 3 aromatic rings. The van der Waals surface area contributed by atoms with E-state index in [1.807, 2.05) is 37.3 Å². The van der Waals surface area contributed by atoms with Crippen LogP contribution in [0.15, 0.2) is 45.5 Å². The molecule has 5 nitrogen and oxygen atoms in total. The second-order valence-corrected chi connectivity index (χ2v) is 5.18. The van der Waals surface area contributed by atoms with Crippen molar-refractivity contribution in [3.63, 3.8) is 0 Å². The highest BCUT2D eigenvalue weighted by atomic mass is 79.9. The number of hydrogen-bond acceptors (Lipinski definition) is 5. The van der Waals surface area contributed by atoms with Gasteiger partial charge in [-0.1, -0.05) is 5.16 Å². The second-order valence-electron chi connectivity index (χ2n) is 4.33. The summed E-state index contributed by atoms with van der Waals surface area (Å²) < 4.78 is 6.11. The van der Waals surface area contributed by atoms with E-state index in [9.17, 15) is 0 Å². The van der Waals surface area contributed by atoms with Crippen molar-refractivity contribution in [1.29, 1.82) is 0 Å². The first-order valence-corrected chi connectivity index (χ1v) is 6.75. The Morgan fingerprint density at radius 3 is 2.85 bits per heavy atom. The molecule has 3 rings (SSSR count). The molecule has 0 bridgehead atoms. The van der Waals surface area contributed by atoms with Crippen molar-refractivity contribution in [2.24, 2.45) is 0 Å². The summed E-state index contributed by atoms with van der Waals surface area (Å²) in [6, 6.07) is 9.31. The van der Waals surface area contributed by atoms with Gasteiger partial charge in [-0.2, -0.15) is 4.98 Å². The quantitative estimate of drug-likeness (QED) is 0.728. The Morgan fingerprint density at radius 1 is 1.25 bits per heavy atom. The maximum Gasteiger partial charge on any atom is 0.258 e. The second kappa shape index (κ2) is 5.05. The number of benzene rings is 1. The van der Waals surface area contributed by atoms with Gasteiger partial charge in [0.05, 0.1) is 0 Å². The highest BCUT2D eigenvalue weighted by Gasteiger charge is 2.14. The standard InChI is InChI=1S/C14H11BrN4O/c1-8-7-9(4-5-11(8)16)14-18-13(19-20-14)12-10(15)3-2-6-17-12/h2-7H,16H2,1H3. The van der Waals surface area contributed by atoms with Crippen LogP contribution >= 0.6 is 15.9 Å². The lowest BCUT2D eigenvalue weighted by molar-refractivity contribution is 0.432. The van der Waals surface area contributed by atoms with Crippen molar-refractivity contribution >= 4 is 21.6 Å². The van der Waals surface area contributed by atoms with Crippen LogP contribution in [0.25, 0.3) is 23.0 Å². The lowest BCUT2D eigenvalue weighted by Gasteiger charge is -2.00. The third kappa shape index (κ3) is 2.30. The number of aryl methyl sites for hydroxylation is 1. The van der Waals surface area contributed by atoms with Crippen LogP contribution in [0, 0.1) is 6.92 Å². The van der Waals surface area contributed by atoms with Gasteiger partial charge in [-0.15, -0.1) is 0 Å². The molecule has 20 heavy (non-hydrogen) atoms. The lowest BCUT2D eigenvalue weighted by Crippen LogP contribution is -1.90. The molecule has 0 atom stereocenters. The molecule has 0 aliphatic rings. The van der Waals surface area contributed by atoms with Crippen LogP contribution in [0.4, 0.5) is 5.69 Å². The Hall–Kier alpha value is -2.21. The Morgan fingerprint density at radius 2 is 2.10 bits per heavy atom. The molecule has 0 fully saturated rings. The van der Waals surface area contributed by atoms with Crippen LogP contribution < -0.4 is 5.73 Å². The van der Waals surface area contributed by atoms with Crippen LogP contribution in [0.2, 0.25) is 0 Å². The van der Waals surface area contributed by atoms with Gasteiger partial charge in [0.15, 0.2) is 0 Å². The molecule has 0 aliphatic carbocycles. The van der Waals surface area contributed by atoms with E-state index in [1.165, 1.54) is 0 Å². The first-order chi connectivity index (χ1) is 9.65. The number of nitrogens with zero attached hydrogens (tertiary/aromatic N) is 3.